The molecule has 4 N–H and O–H groups in total. The second-order valence-corrected chi connectivity index (χ2v) is 7.46. The van der Waals surface area contributed by atoms with E-state index >= 15 is 0 Å². The summed E-state index contributed by atoms with van der Waals surface area (Å²) in [5.41, 5.74) is 8.79. The molecule has 0 unspecified atom stereocenters. The van der Waals surface area contributed by atoms with Crippen LogP contribution in [0.5, 0.6) is 0 Å². The maximum absolute atomic E-state index is 14.6. The van der Waals surface area contributed by atoms with Crippen molar-refractivity contribution in [2.75, 3.05) is 16.4 Å². The second kappa shape index (κ2) is 8.89. The first-order valence-corrected chi connectivity index (χ1v) is 9.70. The first kappa shape index (κ1) is 19.2. The zero-order valence-corrected chi connectivity index (χ0v) is 15.9. The number of nitrogens with one attached hydrogen (secondary N) is 2. The number of anilines is 3. The third-order valence-corrected chi connectivity index (χ3v) is 5.31. The van der Waals surface area contributed by atoms with Gasteiger partial charge in [-0.15, -0.1) is 0 Å². The minimum absolute atomic E-state index is 0.0295. The summed E-state index contributed by atoms with van der Waals surface area (Å²) in [5.74, 6) is 0.0160. The molecule has 4 nitrogen and oxygen atoms in total. The number of halogens is 1. The highest BCUT2D eigenvalue weighted by Crippen LogP contribution is 2.30. The fraction of sp³-hybridized carbons (Fsp3) is 0.409. The molecule has 144 valence electrons. The van der Waals surface area contributed by atoms with Gasteiger partial charge in [0, 0.05) is 13.0 Å². The standard InChI is InChI=1S/C22H28FN3O/c1-15-6-8-17(9-7-15)14-25-18-11-12-19(22(24)21(18)23)26-20(27)13-10-16-4-2-3-5-16/h6-9,11-12,16,25H,2-5,10,13-14,24H2,1H3,(H,26,27). The number of carbonyl (C=O) groups is 1. The molecule has 0 spiro atoms. The third-order valence-electron chi connectivity index (χ3n) is 5.31. The van der Waals surface area contributed by atoms with Gasteiger partial charge >= 0.3 is 0 Å². The Morgan fingerprint density at radius 1 is 1.11 bits per heavy atom. The topological polar surface area (TPSA) is 67.1 Å². The van der Waals surface area contributed by atoms with Crippen molar-refractivity contribution in [3.05, 3.63) is 53.3 Å². The van der Waals surface area contributed by atoms with Gasteiger partial charge in [-0.05, 0) is 37.0 Å². The summed E-state index contributed by atoms with van der Waals surface area (Å²) in [6, 6.07) is 11.3. The lowest BCUT2D eigenvalue weighted by Crippen LogP contribution is -2.15. The van der Waals surface area contributed by atoms with Gasteiger partial charge in [0.2, 0.25) is 5.91 Å². The second-order valence-electron chi connectivity index (χ2n) is 7.46. The number of hydrogen-bond donors (Lipinski definition) is 3. The lowest BCUT2D eigenvalue weighted by atomic mass is 10.0. The summed E-state index contributed by atoms with van der Waals surface area (Å²) in [4.78, 5) is 12.2. The average Bonchev–Trinajstić information content (AvgIpc) is 3.18. The van der Waals surface area contributed by atoms with Crippen LogP contribution in [-0.2, 0) is 11.3 Å². The SMILES string of the molecule is Cc1ccc(CNc2ccc(NC(=O)CCC3CCCC3)c(N)c2F)cc1. The monoisotopic (exact) mass is 369 g/mol. The van der Waals surface area contributed by atoms with Crippen LogP contribution in [-0.4, -0.2) is 5.91 Å². The summed E-state index contributed by atoms with van der Waals surface area (Å²) < 4.78 is 14.6. The van der Waals surface area contributed by atoms with Crippen LogP contribution >= 0.6 is 0 Å². The smallest absolute Gasteiger partial charge is 0.224 e. The van der Waals surface area contributed by atoms with Gasteiger partial charge in [0.1, 0.15) is 0 Å². The number of benzene rings is 2. The van der Waals surface area contributed by atoms with Crippen molar-refractivity contribution in [2.24, 2.45) is 5.92 Å². The van der Waals surface area contributed by atoms with Crippen LogP contribution < -0.4 is 16.4 Å². The lowest BCUT2D eigenvalue weighted by Gasteiger charge is -2.14. The van der Waals surface area contributed by atoms with E-state index in [9.17, 15) is 9.18 Å². The van der Waals surface area contributed by atoms with Gasteiger partial charge in [0.25, 0.3) is 0 Å². The number of nitrogen functional groups attached to an aromatic ring is 1. The maximum atomic E-state index is 14.6. The number of carbonyl (C=O) groups excluding carboxylic acids is 1. The Morgan fingerprint density at radius 2 is 1.78 bits per heavy atom. The first-order valence-electron chi connectivity index (χ1n) is 9.70. The fourth-order valence-corrected chi connectivity index (χ4v) is 3.59. The van der Waals surface area contributed by atoms with Crippen molar-refractivity contribution >= 4 is 23.0 Å². The molecule has 0 heterocycles. The summed E-state index contributed by atoms with van der Waals surface area (Å²) >= 11 is 0. The molecule has 0 bridgehead atoms. The van der Waals surface area contributed by atoms with E-state index in [4.69, 9.17) is 5.73 Å². The molecule has 0 radical (unpaired) electrons. The Balaban J connectivity index is 1.56. The van der Waals surface area contributed by atoms with Gasteiger partial charge in [-0.2, -0.15) is 0 Å². The normalized spacial score (nSPS) is 14.3. The molecule has 2 aromatic rings. The molecule has 1 aliphatic rings. The minimum Gasteiger partial charge on any atom is -0.395 e. The van der Waals surface area contributed by atoms with Crippen LogP contribution in [0.15, 0.2) is 36.4 Å². The Labute approximate surface area is 160 Å². The molecule has 0 saturated heterocycles. The van der Waals surface area contributed by atoms with Gasteiger partial charge in [-0.1, -0.05) is 55.5 Å². The largest absolute Gasteiger partial charge is 0.395 e. The summed E-state index contributed by atoms with van der Waals surface area (Å²) in [6.45, 7) is 2.53. The van der Waals surface area contributed by atoms with E-state index in [1.165, 1.54) is 31.2 Å². The predicted molar refractivity (Wildman–Crippen MR) is 109 cm³/mol. The van der Waals surface area contributed by atoms with Crippen molar-refractivity contribution in [3.63, 3.8) is 0 Å². The van der Waals surface area contributed by atoms with Gasteiger partial charge in [0.15, 0.2) is 5.82 Å². The van der Waals surface area contributed by atoms with Crippen LogP contribution in [0.4, 0.5) is 21.5 Å². The Bertz CT molecular complexity index is 783. The highest BCUT2D eigenvalue weighted by Gasteiger charge is 2.17. The van der Waals surface area contributed by atoms with Crippen molar-refractivity contribution < 1.29 is 9.18 Å². The van der Waals surface area contributed by atoms with Gasteiger partial charge in [0.05, 0.1) is 17.1 Å². The average molecular weight is 369 g/mol. The molecule has 2 aromatic carbocycles. The molecule has 1 saturated carbocycles. The van der Waals surface area contributed by atoms with E-state index in [1.807, 2.05) is 31.2 Å². The number of rotatable bonds is 7. The molecule has 1 amide bonds. The van der Waals surface area contributed by atoms with Crippen LogP contribution in [0.2, 0.25) is 0 Å². The van der Waals surface area contributed by atoms with Crippen LogP contribution in [0.1, 0.15) is 49.7 Å². The predicted octanol–water partition coefficient (Wildman–Crippen LogP) is 5.24. The fourth-order valence-electron chi connectivity index (χ4n) is 3.59. The quantitative estimate of drug-likeness (QED) is 0.585. The molecular formula is C22H28FN3O. The highest BCUT2D eigenvalue weighted by atomic mass is 19.1. The molecule has 3 rings (SSSR count). The van der Waals surface area contributed by atoms with Crippen molar-refractivity contribution in [2.45, 2.75) is 52.0 Å². The van der Waals surface area contributed by atoms with Gasteiger partial charge in [-0.25, -0.2) is 4.39 Å². The Kier molecular flexibility index (Phi) is 6.32. The molecule has 0 aromatic heterocycles. The van der Waals surface area contributed by atoms with Crippen LogP contribution in [0.25, 0.3) is 0 Å². The third kappa shape index (κ3) is 5.22. The van der Waals surface area contributed by atoms with Gasteiger partial charge < -0.3 is 16.4 Å². The molecule has 1 fully saturated rings. The van der Waals surface area contributed by atoms with E-state index in [0.717, 1.165) is 12.0 Å². The maximum Gasteiger partial charge on any atom is 0.224 e. The number of nitrogens with two attached hydrogens (primary N) is 1. The molecule has 1 aliphatic carbocycles. The number of amides is 1. The Morgan fingerprint density at radius 3 is 2.48 bits per heavy atom. The zero-order chi connectivity index (χ0) is 19.2. The van der Waals surface area contributed by atoms with Crippen molar-refractivity contribution in [3.8, 4) is 0 Å². The van der Waals surface area contributed by atoms with Crippen LogP contribution in [0.3, 0.4) is 0 Å². The Hall–Kier alpha value is -2.56. The molecule has 0 aliphatic heterocycles. The van der Waals surface area contributed by atoms with E-state index < -0.39 is 5.82 Å². The highest BCUT2D eigenvalue weighted by molar-refractivity contribution is 5.94. The van der Waals surface area contributed by atoms with E-state index in [-0.39, 0.29) is 11.6 Å². The molecule has 27 heavy (non-hydrogen) atoms. The molecule has 0 atom stereocenters. The first-order chi connectivity index (χ1) is 13.0. The zero-order valence-electron chi connectivity index (χ0n) is 15.9. The number of aryl methyl sites for hydroxylation is 1. The number of hydrogen-bond acceptors (Lipinski definition) is 3. The lowest BCUT2D eigenvalue weighted by molar-refractivity contribution is -0.116. The minimum atomic E-state index is -0.532. The van der Waals surface area contributed by atoms with Crippen LogP contribution in [0, 0.1) is 18.7 Å². The summed E-state index contributed by atoms with van der Waals surface area (Å²) in [7, 11) is 0. The van der Waals surface area contributed by atoms with Crippen molar-refractivity contribution in [1.29, 1.82) is 0 Å². The molecular weight excluding hydrogens is 341 g/mol. The summed E-state index contributed by atoms with van der Waals surface area (Å²) in [5, 5.41) is 5.82. The van der Waals surface area contributed by atoms with E-state index in [1.54, 1.807) is 12.1 Å². The van der Waals surface area contributed by atoms with Gasteiger partial charge in [-0.3, -0.25) is 4.79 Å². The molecule has 5 heteroatoms. The summed E-state index contributed by atoms with van der Waals surface area (Å²) in [6.07, 6.45) is 6.31. The van der Waals surface area contributed by atoms with E-state index in [0.29, 0.717) is 30.3 Å². The van der Waals surface area contributed by atoms with E-state index in [2.05, 4.69) is 10.6 Å². The van der Waals surface area contributed by atoms with Crippen molar-refractivity contribution in [1.82, 2.24) is 0 Å².